The molecular formula is C13H22N4O. The molecule has 5 heteroatoms. The molecule has 1 aliphatic carbocycles. The summed E-state index contributed by atoms with van der Waals surface area (Å²) < 4.78 is 2.01. The SMILES string of the molecule is CCN(C)CCNC(=O)c1cc(N)cn1C1CC1. The molecule has 5 nitrogen and oxygen atoms in total. The first kappa shape index (κ1) is 13.0. The monoisotopic (exact) mass is 250 g/mol. The maximum absolute atomic E-state index is 12.1. The quantitative estimate of drug-likeness (QED) is 0.794. The highest BCUT2D eigenvalue weighted by molar-refractivity contribution is 5.93. The molecule has 0 saturated heterocycles. The number of amides is 1. The van der Waals surface area contributed by atoms with Crippen LogP contribution >= 0.6 is 0 Å². The molecule has 2 rings (SSSR count). The van der Waals surface area contributed by atoms with Crippen LogP contribution in [0.25, 0.3) is 0 Å². The van der Waals surface area contributed by atoms with Gasteiger partial charge in [-0.1, -0.05) is 6.92 Å². The number of anilines is 1. The highest BCUT2D eigenvalue weighted by Crippen LogP contribution is 2.37. The Kier molecular flexibility index (Phi) is 3.91. The zero-order valence-electron chi connectivity index (χ0n) is 11.1. The molecule has 1 aromatic rings. The number of nitrogens with two attached hydrogens (primary N) is 1. The van der Waals surface area contributed by atoms with Crippen LogP contribution in [0.4, 0.5) is 5.69 Å². The Bertz CT molecular complexity index is 423. The number of likely N-dealkylation sites (N-methyl/N-ethyl adjacent to an activating group) is 1. The number of nitrogens with one attached hydrogen (secondary N) is 1. The van der Waals surface area contributed by atoms with Gasteiger partial charge in [-0.15, -0.1) is 0 Å². The van der Waals surface area contributed by atoms with E-state index in [1.165, 1.54) is 0 Å². The largest absolute Gasteiger partial charge is 0.397 e. The minimum atomic E-state index is -0.0249. The van der Waals surface area contributed by atoms with Crippen molar-refractivity contribution in [2.45, 2.75) is 25.8 Å². The van der Waals surface area contributed by atoms with Crippen LogP contribution in [0.3, 0.4) is 0 Å². The van der Waals surface area contributed by atoms with Crippen LogP contribution in [0.2, 0.25) is 0 Å². The van der Waals surface area contributed by atoms with Gasteiger partial charge in [-0.05, 0) is 32.5 Å². The Balaban J connectivity index is 1.92. The van der Waals surface area contributed by atoms with Gasteiger partial charge in [-0.25, -0.2) is 0 Å². The Morgan fingerprint density at radius 2 is 2.33 bits per heavy atom. The van der Waals surface area contributed by atoms with Crippen molar-refractivity contribution in [3.63, 3.8) is 0 Å². The normalized spacial score (nSPS) is 15.1. The molecule has 0 bridgehead atoms. The zero-order valence-corrected chi connectivity index (χ0v) is 11.1. The van der Waals surface area contributed by atoms with Gasteiger partial charge in [-0.2, -0.15) is 0 Å². The van der Waals surface area contributed by atoms with Gasteiger partial charge in [0.25, 0.3) is 5.91 Å². The van der Waals surface area contributed by atoms with E-state index in [9.17, 15) is 4.79 Å². The highest BCUT2D eigenvalue weighted by atomic mass is 16.1. The van der Waals surface area contributed by atoms with Crippen molar-refractivity contribution in [2.24, 2.45) is 0 Å². The molecule has 1 heterocycles. The van der Waals surface area contributed by atoms with Gasteiger partial charge < -0.3 is 20.5 Å². The number of aromatic nitrogens is 1. The second-order valence-electron chi connectivity index (χ2n) is 4.95. The van der Waals surface area contributed by atoms with E-state index >= 15 is 0 Å². The van der Waals surface area contributed by atoms with Gasteiger partial charge in [0.1, 0.15) is 5.69 Å². The fourth-order valence-corrected chi connectivity index (χ4v) is 1.95. The molecule has 100 valence electrons. The number of carbonyl (C=O) groups excluding carboxylic acids is 1. The second kappa shape index (κ2) is 5.44. The molecule has 1 aliphatic rings. The van der Waals surface area contributed by atoms with Crippen molar-refractivity contribution < 1.29 is 4.79 Å². The molecule has 1 amide bonds. The summed E-state index contributed by atoms with van der Waals surface area (Å²) in [4.78, 5) is 14.2. The average molecular weight is 250 g/mol. The minimum absolute atomic E-state index is 0.0249. The zero-order chi connectivity index (χ0) is 13.1. The maximum atomic E-state index is 12.1. The van der Waals surface area contributed by atoms with Crippen LogP contribution < -0.4 is 11.1 Å². The van der Waals surface area contributed by atoms with E-state index < -0.39 is 0 Å². The summed E-state index contributed by atoms with van der Waals surface area (Å²) in [6, 6.07) is 2.23. The molecule has 18 heavy (non-hydrogen) atoms. The summed E-state index contributed by atoms with van der Waals surface area (Å²) in [7, 11) is 2.04. The molecule has 0 aliphatic heterocycles. The number of carbonyl (C=O) groups is 1. The van der Waals surface area contributed by atoms with Gasteiger partial charge in [0, 0.05) is 25.3 Å². The van der Waals surface area contributed by atoms with Crippen LogP contribution in [-0.4, -0.2) is 42.1 Å². The van der Waals surface area contributed by atoms with Crippen molar-refractivity contribution in [2.75, 3.05) is 32.4 Å². The molecular weight excluding hydrogens is 228 g/mol. The molecule has 0 aromatic carbocycles. The Hall–Kier alpha value is -1.49. The van der Waals surface area contributed by atoms with Gasteiger partial charge in [0.05, 0.1) is 5.69 Å². The molecule has 0 atom stereocenters. The van der Waals surface area contributed by atoms with Crippen LogP contribution in [0.5, 0.6) is 0 Å². The average Bonchev–Trinajstić information content (AvgIpc) is 3.12. The van der Waals surface area contributed by atoms with E-state index in [4.69, 9.17) is 5.73 Å². The first-order valence-corrected chi connectivity index (χ1v) is 6.56. The lowest BCUT2D eigenvalue weighted by atomic mass is 10.3. The molecule has 0 radical (unpaired) electrons. The predicted molar refractivity (Wildman–Crippen MR) is 72.6 cm³/mol. The van der Waals surface area contributed by atoms with Gasteiger partial charge in [-0.3, -0.25) is 4.79 Å². The lowest BCUT2D eigenvalue weighted by Gasteiger charge is -2.14. The van der Waals surface area contributed by atoms with Gasteiger partial charge in [0.15, 0.2) is 0 Å². The van der Waals surface area contributed by atoms with E-state index in [0.717, 1.165) is 25.9 Å². The Morgan fingerprint density at radius 3 is 2.94 bits per heavy atom. The molecule has 0 unspecified atom stereocenters. The van der Waals surface area contributed by atoms with Crippen LogP contribution in [0.15, 0.2) is 12.3 Å². The van der Waals surface area contributed by atoms with E-state index in [0.29, 0.717) is 24.0 Å². The molecule has 3 N–H and O–H groups in total. The summed E-state index contributed by atoms with van der Waals surface area (Å²) in [5.74, 6) is -0.0249. The van der Waals surface area contributed by atoms with Gasteiger partial charge in [0.2, 0.25) is 0 Å². The van der Waals surface area contributed by atoms with E-state index in [2.05, 4.69) is 17.1 Å². The third-order valence-electron chi connectivity index (χ3n) is 3.36. The van der Waals surface area contributed by atoms with Crippen molar-refractivity contribution in [3.8, 4) is 0 Å². The predicted octanol–water partition coefficient (Wildman–Crippen LogP) is 1.09. The summed E-state index contributed by atoms with van der Waals surface area (Å²) in [6.07, 6.45) is 4.16. The number of nitrogen functional groups attached to an aromatic ring is 1. The van der Waals surface area contributed by atoms with Crippen LogP contribution in [-0.2, 0) is 0 Å². The van der Waals surface area contributed by atoms with Crippen LogP contribution in [0, 0.1) is 0 Å². The van der Waals surface area contributed by atoms with Crippen molar-refractivity contribution in [3.05, 3.63) is 18.0 Å². The minimum Gasteiger partial charge on any atom is -0.397 e. The molecule has 1 saturated carbocycles. The van der Waals surface area contributed by atoms with Gasteiger partial charge >= 0.3 is 0 Å². The Labute approximate surface area is 108 Å². The highest BCUT2D eigenvalue weighted by Gasteiger charge is 2.27. The van der Waals surface area contributed by atoms with Crippen molar-refractivity contribution >= 4 is 11.6 Å². The van der Waals surface area contributed by atoms with E-state index in [1.54, 1.807) is 6.07 Å². The lowest BCUT2D eigenvalue weighted by molar-refractivity contribution is 0.0940. The standard InChI is InChI=1S/C13H22N4O/c1-3-16(2)7-6-15-13(18)12-8-10(14)9-17(12)11-4-5-11/h8-9,11H,3-7,14H2,1-2H3,(H,15,18). The third-order valence-corrected chi connectivity index (χ3v) is 3.36. The first-order chi connectivity index (χ1) is 8.61. The van der Waals surface area contributed by atoms with Crippen molar-refractivity contribution in [1.82, 2.24) is 14.8 Å². The number of nitrogens with zero attached hydrogens (tertiary/aromatic N) is 2. The fourth-order valence-electron chi connectivity index (χ4n) is 1.95. The maximum Gasteiger partial charge on any atom is 0.268 e. The number of hydrogen-bond acceptors (Lipinski definition) is 3. The van der Waals surface area contributed by atoms with E-state index in [-0.39, 0.29) is 5.91 Å². The molecule has 0 spiro atoms. The number of hydrogen-bond donors (Lipinski definition) is 2. The second-order valence-corrected chi connectivity index (χ2v) is 4.95. The fraction of sp³-hybridized carbons (Fsp3) is 0.615. The summed E-state index contributed by atoms with van der Waals surface area (Å²) >= 11 is 0. The molecule has 1 aromatic heterocycles. The molecule has 1 fully saturated rings. The van der Waals surface area contributed by atoms with Crippen molar-refractivity contribution in [1.29, 1.82) is 0 Å². The topological polar surface area (TPSA) is 63.3 Å². The number of rotatable bonds is 6. The van der Waals surface area contributed by atoms with E-state index in [1.807, 2.05) is 17.8 Å². The Morgan fingerprint density at radius 1 is 1.61 bits per heavy atom. The van der Waals surface area contributed by atoms with Crippen LogP contribution in [0.1, 0.15) is 36.3 Å². The first-order valence-electron chi connectivity index (χ1n) is 6.56. The summed E-state index contributed by atoms with van der Waals surface area (Å²) in [6.45, 7) is 4.61. The summed E-state index contributed by atoms with van der Waals surface area (Å²) in [5.41, 5.74) is 7.13. The third kappa shape index (κ3) is 3.04. The summed E-state index contributed by atoms with van der Waals surface area (Å²) in [5, 5.41) is 2.94. The lowest BCUT2D eigenvalue weighted by Crippen LogP contribution is -2.33. The smallest absolute Gasteiger partial charge is 0.268 e.